The maximum atomic E-state index is 12.4. The molecule has 2 amide bonds. The van der Waals surface area contributed by atoms with E-state index in [0.29, 0.717) is 0 Å². The first kappa shape index (κ1) is 17.5. The first-order valence-electron chi connectivity index (χ1n) is 8.45. The lowest BCUT2D eigenvalue weighted by Gasteiger charge is -2.20. The molecule has 0 saturated carbocycles. The van der Waals surface area contributed by atoms with E-state index in [0.717, 1.165) is 11.1 Å². The first-order chi connectivity index (χ1) is 12.7. The van der Waals surface area contributed by atoms with Gasteiger partial charge in [0.1, 0.15) is 0 Å². The quantitative estimate of drug-likeness (QED) is 0.688. The first-order valence-corrected chi connectivity index (χ1v) is 8.45. The summed E-state index contributed by atoms with van der Waals surface area (Å²) < 4.78 is 5.02. The van der Waals surface area contributed by atoms with Crippen molar-refractivity contribution in [3.63, 3.8) is 0 Å². The summed E-state index contributed by atoms with van der Waals surface area (Å²) in [5, 5.41) is 5.72. The molecule has 132 valence electrons. The molecule has 0 bridgehead atoms. The summed E-state index contributed by atoms with van der Waals surface area (Å²) in [5.41, 5.74) is 2.01. The lowest BCUT2D eigenvalue weighted by atomic mass is 9.98. The minimum atomic E-state index is -0.328. The van der Waals surface area contributed by atoms with Crippen LogP contribution in [-0.4, -0.2) is 18.4 Å². The van der Waals surface area contributed by atoms with E-state index in [-0.39, 0.29) is 36.6 Å². The smallest absolute Gasteiger partial charge is 0.286 e. The Morgan fingerprint density at radius 1 is 0.846 bits per heavy atom. The predicted molar refractivity (Wildman–Crippen MR) is 98.5 cm³/mol. The number of benzene rings is 2. The van der Waals surface area contributed by atoms with Crippen LogP contribution in [0.5, 0.6) is 0 Å². The number of hydrogen-bond donors (Lipinski definition) is 2. The van der Waals surface area contributed by atoms with Crippen LogP contribution in [0.3, 0.4) is 0 Å². The largest absolute Gasteiger partial charge is 0.459 e. The lowest BCUT2D eigenvalue weighted by molar-refractivity contribution is -0.121. The number of hydrogen-bond acceptors (Lipinski definition) is 3. The third kappa shape index (κ3) is 4.60. The molecule has 5 nitrogen and oxygen atoms in total. The Morgan fingerprint density at radius 2 is 1.46 bits per heavy atom. The second kappa shape index (κ2) is 8.67. The molecule has 3 rings (SSSR count). The average molecular weight is 348 g/mol. The monoisotopic (exact) mass is 348 g/mol. The highest BCUT2D eigenvalue weighted by Crippen LogP contribution is 2.21. The standard InChI is InChI=1S/C21H20N2O3/c24-19(13-14-22-21(25)18-12-7-15-26-18)23-20(16-8-3-1-4-9-16)17-10-5-2-6-11-17/h1-12,15,20H,13-14H2,(H,22,25)(H,23,24). The van der Waals surface area contributed by atoms with Crippen molar-refractivity contribution in [1.29, 1.82) is 0 Å². The molecule has 5 heteroatoms. The zero-order valence-corrected chi connectivity index (χ0v) is 14.2. The minimum absolute atomic E-state index is 0.137. The second-order valence-corrected chi connectivity index (χ2v) is 5.81. The van der Waals surface area contributed by atoms with Gasteiger partial charge in [0.05, 0.1) is 12.3 Å². The van der Waals surface area contributed by atoms with E-state index in [1.807, 2.05) is 60.7 Å². The molecule has 0 aliphatic carbocycles. The van der Waals surface area contributed by atoms with E-state index in [1.165, 1.54) is 6.26 Å². The van der Waals surface area contributed by atoms with Crippen LogP contribution < -0.4 is 10.6 Å². The predicted octanol–water partition coefficient (Wildman–Crippen LogP) is 3.31. The van der Waals surface area contributed by atoms with Crippen LogP contribution in [0.2, 0.25) is 0 Å². The van der Waals surface area contributed by atoms with Gasteiger partial charge in [-0.05, 0) is 23.3 Å². The molecule has 0 fully saturated rings. The van der Waals surface area contributed by atoms with Gasteiger partial charge >= 0.3 is 0 Å². The topological polar surface area (TPSA) is 71.3 Å². The molecule has 3 aromatic rings. The number of carbonyl (C=O) groups excluding carboxylic acids is 2. The molecule has 0 atom stereocenters. The summed E-state index contributed by atoms with van der Waals surface area (Å²) in [6, 6.07) is 22.6. The van der Waals surface area contributed by atoms with Crippen molar-refractivity contribution in [3.8, 4) is 0 Å². The zero-order valence-electron chi connectivity index (χ0n) is 14.2. The Balaban J connectivity index is 1.60. The van der Waals surface area contributed by atoms with Gasteiger partial charge < -0.3 is 15.1 Å². The number of carbonyl (C=O) groups is 2. The molecule has 0 radical (unpaired) electrons. The molecule has 0 saturated heterocycles. The van der Waals surface area contributed by atoms with E-state index >= 15 is 0 Å². The van der Waals surface area contributed by atoms with Gasteiger partial charge in [-0.15, -0.1) is 0 Å². The fraction of sp³-hybridized carbons (Fsp3) is 0.143. The highest BCUT2D eigenvalue weighted by molar-refractivity contribution is 5.91. The number of nitrogens with one attached hydrogen (secondary N) is 2. The molecular formula is C21H20N2O3. The fourth-order valence-electron chi connectivity index (χ4n) is 2.67. The number of rotatable bonds is 7. The normalized spacial score (nSPS) is 10.5. The van der Waals surface area contributed by atoms with Gasteiger partial charge in [-0.3, -0.25) is 9.59 Å². The molecule has 2 N–H and O–H groups in total. The van der Waals surface area contributed by atoms with Crippen molar-refractivity contribution in [2.24, 2.45) is 0 Å². The fourth-order valence-corrected chi connectivity index (χ4v) is 2.67. The third-order valence-corrected chi connectivity index (χ3v) is 3.95. The van der Waals surface area contributed by atoms with Crippen molar-refractivity contribution in [1.82, 2.24) is 10.6 Å². The third-order valence-electron chi connectivity index (χ3n) is 3.95. The molecular weight excluding hydrogens is 328 g/mol. The van der Waals surface area contributed by atoms with E-state index in [4.69, 9.17) is 4.42 Å². The summed E-state index contributed by atoms with van der Waals surface area (Å²) in [5.74, 6) is -0.232. The van der Waals surface area contributed by atoms with E-state index < -0.39 is 0 Å². The highest BCUT2D eigenvalue weighted by Gasteiger charge is 2.16. The van der Waals surface area contributed by atoms with Gasteiger partial charge in [0.15, 0.2) is 5.76 Å². The van der Waals surface area contributed by atoms with Gasteiger partial charge in [-0.2, -0.15) is 0 Å². The van der Waals surface area contributed by atoms with Gasteiger partial charge in [-0.1, -0.05) is 60.7 Å². The SMILES string of the molecule is O=C(CCNC(=O)c1ccco1)NC(c1ccccc1)c1ccccc1. The maximum Gasteiger partial charge on any atom is 0.286 e. The van der Waals surface area contributed by atoms with Gasteiger partial charge in [-0.25, -0.2) is 0 Å². The summed E-state index contributed by atoms with van der Waals surface area (Å²) in [4.78, 5) is 24.2. The maximum absolute atomic E-state index is 12.4. The number of furan rings is 1. The summed E-state index contributed by atoms with van der Waals surface area (Å²) >= 11 is 0. The molecule has 0 spiro atoms. The molecule has 1 aromatic heterocycles. The molecule has 0 unspecified atom stereocenters. The number of amides is 2. The molecule has 26 heavy (non-hydrogen) atoms. The van der Waals surface area contributed by atoms with Crippen LogP contribution in [0, 0.1) is 0 Å². The Hall–Kier alpha value is -3.34. The van der Waals surface area contributed by atoms with Crippen LogP contribution in [0.1, 0.15) is 34.1 Å². The van der Waals surface area contributed by atoms with Gasteiger partial charge in [0.2, 0.25) is 5.91 Å². The molecule has 0 aliphatic rings. The van der Waals surface area contributed by atoms with Crippen molar-refractivity contribution >= 4 is 11.8 Å². The Morgan fingerprint density at radius 3 is 2.00 bits per heavy atom. The summed E-state index contributed by atoms with van der Waals surface area (Å²) in [6.45, 7) is 0.238. The lowest BCUT2D eigenvalue weighted by Crippen LogP contribution is -2.33. The molecule has 2 aromatic carbocycles. The van der Waals surface area contributed by atoms with Crippen LogP contribution >= 0.6 is 0 Å². The van der Waals surface area contributed by atoms with Gasteiger partial charge in [0, 0.05) is 13.0 Å². The van der Waals surface area contributed by atoms with E-state index in [2.05, 4.69) is 10.6 Å². The minimum Gasteiger partial charge on any atom is -0.459 e. The van der Waals surface area contributed by atoms with Crippen LogP contribution in [0.15, 0.2) is 83.5 Å². The summed E-state index contributed by atoms with van der Waals surface area (Å²) in [6.07, 6.45) is 1.62. The van der Waals surface area contributed by atoms with E-state index in [1.54, 1.807) is 12.1 Å². The van der Waals surface area contributed by atoms with Crippen LogP contribution in [0.4, 0.5) is 0 Å². The Labute approximate surface area is 152 Å². The zero-order chi connectivity index (χ0) is 18.2. The van der Waals surface area contributed by atoms with Crippen LogP contribution in [0.25, 0.3) is 0 Å². The van der Waals surface area contributed by atoms with Gasteiger partial charge in [0.25, 0.3) is 5.91 Å². The Bertz CT molecular complexity index is 791. The van der Waals surface area contributed by atoms with Crippen molar-refractivity contribution < 1.29 is 14.0 Å². The average Bonchev–Trinajstić information content (AvgIpc) is 3.22. The van der Waals surface area contributed by atoms with Crippen molar-refractivity contribution in [2.75, 3.05) is 6.54 Å². The molecule has 1 heterocycles. The Kier molecular flexibility index (Phi) is 5.83. The van der Waals surface area contributed by atoms with Crippen molar-refractivity contribution in [2.45, 2.75) is 12.5 Å². The van der Waals surface area contributed by atoms with Crippen molar-refractivity contribution in [3.05, 3.63) is 95.9 Å². The highest BCUT2D eigenvalue weighted by atomic mass is 16.3. The second-order valence-electron chi connectivity index (χ2n) is 5.81. The summed E-state index contributed by atoms with van der Waals surface area (Å²) in [7, 11) is 0. The van der Waals surface area contributed by atoms with E-state index in [9.17, 15) is 9.59 Å². The van der Waals surface area contributed by atoms with Crippen LogP contribution in [-0.2, 0) is 4.79 Å². The molecule has 0 aliphatic heterocycles.